The van der Waals surface area contributed by atoms with E-state index in [-0.39, 0.29) is 11.9 Å². The maximum absolute atomic E-state index is 11.9. The van der Waals surface area contributed by atoms with Crippen molar-refractivity contribution in [3.63, 3.8) is 0 Å². The molecule has 0 fully saturated rings. The number of esters is 1. The molecule has 1 atom stereocenters. The quantitative estimate of drug-likeness (QED) is 0.432. The number of para-hydroxylation sites is 1. The monoisotopic (exact) mass is 333 g/mol. The largest absolute Gasteiger partial charge is 0.469 e. The number of rotatable bonds is 7. The van der Waals surface area contributed by atoms with Crippen LogP contribution in [-0.4, -0.2) is 32.3 Å². The minimum atomic E-state index is -1.08. The predicted octanol–water partition coefficient (Wildman–Crippen LogP) is 4.23. The SMILES string of the molecule is COC(=O)C(C)c1cn(COCC[Si](C)(C)C)c2ccccc12. The molecule has 23 heavy (non-hydrogen) atoms. The van der Waals surface area contributed by atoms with Gasteiger partial charge in [-0.3, -0.25) is 4.79 Å². The molecular formula is C18H27NO3Si. The van der Waals surface area contributed by atoms with Crippen molar-refractivity contribution >= 4 is 24.9 Å². The third-order valence-corrected chi connectivity index (χ3v) is 5.77. The molecular weight excluding hydrogens is 306 g/mol. The van der Waals surface area contributed by atoms with Gasteiger partial charge in [0.15, 0.2) is 0 Å². The predicted molar refractivity (Wildman–Crippen MR) is 96.5 cm³/mol. The number of nitrogens with zero attached hydrogens (tertiary/aromatic N) is 1. The van der Waals surface area contributed by atoms with Gasteiger partial charge in [-0.15, -0.1) is 0 Å². The van der Waals surface area contributed by atoms with Crippen LogP contribution in [0.3, 0.4) is 0 Å². The molecule has 0 aliphatic carbocycles. The van der Waals surface area contributed by atoms with Gasteiger partial charge >= 0.3 is 5.97 Å². The van der Waals surface area contributed by atoms with Crippen molar-refractivity contribution < 1.29 is 14.3 Å². The molecule has 5 heteroatoms. The molecule has 126 valence electrons. The standard InChI is InChI=1S/C18H27NO3Si/c1-14(18(20)21-2)16-12-19(13-22-10-11-23(3,4)5)17-9-7-6-8-15(16)17/h6-9,12,14H,10-11,13H2,1-5H3. The molecule has 0 aliphatic rings. The Morgan fingerprint density at radius 1 is 1.26 bits per heavy atom. The summed E-state index contributed by atoms with van der Waals surface area (Å²) in [5.74, 6) is -0.499. The van der Waals surface area contributed by atoms with Crippen molar-refractivity contribution in [3.8, 4) is 0 Å². The van der Waals surface area contributed by atoms with Crippen molar-refractivity contribution in [1.82, 2.24) is 4.57 Å². The number of carbonyl (C=O) groups is 1. The molecule has 1 aromatic heterocycles. The summed E-state index contributed by atoms with van der Waals surface area (Å²) in [6, 6.07) is 9.25. The molecule has 0 saturated heterocycles. The Bertz CT molecular complexity index is 672. The van der Waals surface area contributed by atoms with Crippen LogP contribution >= 0.6 is 0 Å². The van der Waals surface area contributed by atoms with E-state index in [1.165, 1.54) is 7.11 Å². The summed E-state index contributed by atoms with van der Waals surface area (Å²) in [7, 11) is 0.351. The summed E-state index contributed by atoms with van der Waals surface area (Å²) >= 11 is 0. The van der Waals surface area contributed by atoms with Gasteiger partial charge in [-0.05, 0) is 24.6 Å². The van der Waals surface area contributed by atoms with E-state index in [1.54, 1.807) is 0 Å². The lowest BCUT2D eigenvalue weighted by molar-refractivity contribution is -0.141. The Kier molecular flexibility index (Phi) is 5.65. The van der Waals surface area contributed by atoms with E-state index < -0.39 is 8.07 Å². The van der Waals surface area contributed by atoms with Gasteiger partial charge in [-0.25, -0.2) is 0 Å². The summed E-state index contributed by atoms with van der Waals surface area (Å²) in [4.78, 5) is 11.9. The lowest BCUT2D eigenvalue weighted by Gasteiger charge is -2.15. The third kappa shape index (κ3) is 4.45. The molecule has 2 rings (SSSR count). The van der Waals surface area contributed by atoms with Crippen LogP contribution in [0, 0.1) is 0 Å². The van der Waals surface area contributed by atoms with Crippen LogP contribution < -0.4 is 0 Å². The number of hydrogen-bond donors (Lipinski definition) is 0. The summed E-state index contributed by atoms with van der Waals surface area (Å²) in [6.07, 6.45) is 2.01. The number of fused-ring (bicyclic) bond motifs is 1. The van der Waals surface area contributed by atoms with Crippen molar-refractivity contribution in [2.45, 2.75) is 45.3 Å². The van der Waals surface area contributed by atoms with E-state index in [4.69, 9.17) is 9.47 Å². The maximum Gasteiger partial charge on any atom is 0.312 e. The second-order valence-electron chi connectivity index (χ2n) is 7.16. The molecule has 1 aromatic carbocycles. The molecule has 0 amide bonds. The molecule has 0 radical (unpaired) electrons. The van der Waals surface area contributed by atoms with Crippen LogP contribution in [0.15, 0.2) is 30.5 Å². The zero-order valence-corrected chi connectivity index (χ0v) is 15.8. The van der Waals surface area contributed by atoms with Gasteiger partial charge in [0.2, 0.25) is 0 Å². The molecule has 2 aromatic rings. The van der Waals surface area contributed by atoms with Crippen LogP contribution in [-0.2, 0) is 21.0 Å². The second kappa shape index (κ2) is 7.32. The first-order chi connectivity index (χ1) is 10.8. The normalized spacial score (nSPS) is 13.3. The van der Waals surface area contributed by atoms with E-state index in [1.807, 2.05) is 31.3 Å². The average Bonchev–Trinajstić information content (AvgIpc) is 2.88. The number of hydrogen-bond acceptors (Lipinski definition) is 3. The van der Waals surface area contributed by atoms with Crippen molar-refractivity contribution in [1.29, 1.82) is 0 Å². The molecule has 1 unspecified atom stereocenters. The number of aromatic nitrogens is 1. The van der Waals surface area contributed by atoms with Crippen LogP contribution in [0.2, 0.25) is 25.7 Å². The zero-order valence-electron chi connectivity index (χ0n) is 14.8. The maximum atomic E-state index is 11.9. The van der Waals surface area contributed by atoms with Crippen LogP contribution in [0.1, 0.15) is 18.4 Å². The van der Waals surface area contributed by atoms with E-state index in [0.717, 1.165) is 29.1 Å². The summed E-state index contributed by atoms with van der Waals surface area (Å²) in [5.41, 5.74) is 2.08. The summed E-state index contributed by atoms with van der Waals surface area (Å²) in [5, 5.41) is 1.08. The topological polar surface area (TPSA) is 40.5 Å². The molecule has 4 nitrogen and oxygen atoms in total. The van der Waals surface area contributed by atoms with Gasteiger partial charge < -0.3 is 14.0 Å². The minimum Gasteiger partial charge on any atom is -0.469 e. The minimum absolute atomic E-state index is 0.215. The van der Waals surface area contributed by atoms with Crippen molar-refractivity contribution in [2.75, 3.05) is 13.7 Å². The van der Waals surface area contributed by atoms with Gasteiger partial charge in [-0.1, -0.05) is 37.8 Å². The molecule has 0 saturated carbocycles. The Balaban J connectivity index is 2.19. The first kappa shape index (κ1) is 17.8. The summed E-state index contributed by atoms with van der Waals surface area (Å²) < 4.78 is 12.8. The van der Waals surface area contributed by atoms with E-state index in [2.05, 4.69) is 30.3 Å². The van der Waals surface area contributed by atoms with Crippen LogP contribution in [0.5, 0.6) is 0 Å². The third-order valence-electron chi connectivity index (χ3n) is 4.07. The number of carbonyl (C=O) groups excluding carboxylic acids is 1. The van der Waals surface area contributed by atoms with Crippen molar-refractivity contribution in [2.24, 2.45) is 0 Å². The Hall–Kier alpha value is -1.59. The second-order valence-corrected chi connectivity index (χ2v) is 12.8. The van der Waals surface area contributed by atoms with Crippen LogP contribution in [0.25, 0.3) is 10.9 Å². The molecule has 0 spiro atoms. The highest BCUT2D eigenvalue weighted by Gasteiger charge is 2.21. The highest BCUT2D eigenvalue weighted by molar-refractivity contribution is 6.76. The van der Waals surface area contributed by atoms with Gasteiger partial charge in [-0.2, -0.15) is 0 Å². The zero-order chi connectivity index (χ0) is 17.0. The first-order valence-electron chi connectivity index (χ1n) is 8.07. The Labute approximate surface area is 139 Å². The summed E-state index contributed by atoms with van der Waals surface area (Å²) in [6.45, 7) is 10.2. The number of methoxy groups -OCH3 is 1. The molecule has 0 aliphatic heterocycles. The number of ether oxygens (including phenoxy) is 2. The molecule has 1 heterocycles. The van der Waals surface area contributed by atoms with Gasteiger partial charge in [0.25, 0.3) is 0 Å². The van der Waals surface area contributed by atoms with E-state index in [0.29, 0.717) is 6.73 Å². The van der Waals surface area contributed by atoms with Gasteiger partial charge in [0, 0.05) is 26.3 Å². The Morgan fingerprint density at radius 3 is 2.61 bits per heavy atom. The highest BCUT2D eigenvalue weighted by Crippen LogP contribution is 2.28. The lowest BCUT2D eigenvalue weighted by atomic mass is 10.0. The van der Waals surface area contributed by atoms with Gasteiger partial charge in [0.1, 0.15) is 6.73 Å². The lowest BCUT2D eigenvalue weighted by Crippen LogP contribution is -2.21. The van der Waals surface area contributed by atoms with Crippen LogP contribution in [0.4, 0.5) is 0 Å². The first-order valence-corrected chi connectivity index (χ1v) is 11.8. The highest BCUT2D eigenvalue weighted by atomic mass is 28.3. The van der Waals surface area contributed by atoms with E-state index in [9.17, 15) is 4.79 Å². The fraction of sp³-hybridized carbons (Fsp3) is 0.500. The van der Waals surface area contributed by atoms with E-state index >= 15 is 0 Å². The number of benzene rings is 1. The average molecular weight is 334 g/mol. The van der Waals surface area contributed by atoms with Crippen molar-refractivity contribution in [3.05, 3.63) is 36.0 Å². The molecule has 0 bridgehead atoms. The van der Waals surface area contributed by atoms with Gasteiger partial charge in [0.05, 0.1) is 18.5 Å². The Morgan fingerprint density at radius 2 is 1.96 bits per heavy atom. The fourth-order valence-corrected chi connectivity index (χ4v) is 3.33. The molecule has 0 N–H and O–H groups in total. The smallest absolute Gasteiger partial charge is 0.312 e. The fourth-order valence-electron chi connectivity index (χ4n) is 2.57.